The third-order valence-electron chi connectivity index (χ3n) is 3.88. The van der Waals surface area contributed by atoms with Gasteiger partial charge in [-0.1, -0.05) is 0 Å². The number of carboxylic acid groups (broad SMARTS) is 1. The van der Waals surface area contributed by atoms with E-state index in [0.717, 1.165) is 19.3 Å². The molecule has 2 N–H and O–H groups in total. The van der Waals surface area contributed by atoms with E-state index in [1.54, 1.807) is 0 Å². The molecule has 1 aliphatic heterocycles. The van der Waals surface area contributed by atoms with Crippen molar-refractivity contribution in [3.8, 4) is 0 Å². The maximum atomic E-state index is 12.3. The highest BCUT2D eigenvalue weighted by Crippen LogP contribution is 2.22. The van der Waals surface area contributed by atoms with E-state index in [4.69, 9.17) is 5.11 Å². The number of likely N-dealkylation sites (tertiary alicyclic amines) is 1. The summed E-state index contributed by atoms with van der Waals surface area (Å²) in [6, 6.07) is 0.160. The van der Waals surface area contributed by atoms with E-state index in [0.29, 0.717) is 32.2 Å². The van der Waals surface area contributed by atoms with Crippen molar-refractivity contribution in [3.63, 3.8) is 0 Å². The Morgan fingerprint density at radius 2 is 1.91 bits per heavy atom. The molecule has 1 rings (SSSR count). The Bertz CT molecular complexity index is 396. The maximum Gasteiger partial charge on any atom is 0.303 e. The minimum atomic E-state index is -0.816. The van der Waals surface area contributed by atoms with Crippen molar-refractivity contribution in [2.75, 3.05) is 6.54 Å². The predicted octanol–water partition coefficient (Wildman–Crippen LogP) is 1.93. The summed E-state index contributed by atoms with van der Waals surface area (Å²) < 4.78 is 0. The molecule has 1 fully saturated rings. The number of amides is 2. The topological polar surface area (TPSA) is 86.7 Å². The molecule has 0 saturated carbocycles. The molecule has 2 amide bonds. The summed E-state index contributed by atoms with van der Waals surface area (Å²) in [5.41, 5.74) is 0. The average Bonchev–Trinajstić information content (AvgIpc) is 2.44. The molecule has 22 heavy (non-hydrogen) atoms. The zero-order valence-electron chi connectivity index (χ0n) is 13.6. The van der Waals surface area contributed by atoms with E-state index in [2.05, 4.69) is 5.32 Å². The van der Waals surface area contributed by atoms with Gasteiger partial charge in [-0.25, -0.2) is 0 Å². The van der Waals surface area contributed by atoms with Crippen molar-refractivity contribution in [1.29, 1.82) is 0 Å². The smallest absolute Gasteiger partial charge is 0.303 e. The highest BCUT2D eigenvalue weighted by Gasteiger charge is 2.26. The molecule has 1 saturated heterocycles. The summed E-state index contributed by atoms with van der Waals surface area (Å²) in [5, 5.41) is 11.6. The molecule has 6 heteroatoms. The molecule has 1 unspecified atom stereocenters. The van der Waals surface area contributed by atoms with Crippen LogP contribution in [0.25, 0.3) is 0 Å². The molecule has 0 spiro atoms. The summed E-state index contributed by atoms with van der Waals surface area (Å²) in [6.45, 7) is 4.52. The van der Waals surface area contributed by atoms with Crippen LogP contribution in [0.3, 0.4) is 0 Å². The molecule has 0 radical (unpaired) electrons. The normalized spacial score (nSPS) is 18.3. The van der Waals surface area contributed by atoms with Crippen LogP contribution in [-0.4, -0.2) is 46.4 Å². The number of rotatable bonds is 8. The van der Waals surface area contributed by atoms with Gasteiger partial charge in [-0.2, -0.15) is 0 Å². The molecule has 0 aromatic carbocycles. The highest BCUT2D eigenvalue weighted by atomic mass is 16.4. The molecule has 126 valence electrons. The first-order chi connectivity index (χ1) is 10.4. The Morgan fingerprint density at radius 3 is 2.55 bits per heavy atom. The first-order valence-electron chi connectivity index (χ1n) is 8.20. The van der Waals surface area contributed by atoms with E-state index < -0.39 is 5.97 Å². The Hall–Kier alpha value is -1.59. The molecular weight excluding hydrogens is 284 g/mol. The second kappa shape index (κ2) is 9.43. The van der Waals surface area contributed by atoms with Crippen molar-refractivity contribution in [2.24, 2.45) is 0 Å². The van der Waals surface area contributed by atoms with Gasteiger partial charge in [0.1, 0.15) is 0 Å². The van der Waals surface area contributed by atoms with Crippen molar-refractivity contribution < 1.29 is 19.5 Å². The van der Waals surface area contributed by atoms with Crippen molar-refractivity contribution in [2.45, 2.75) is 77.3 Å². The molecular formula is C16H28N2O4. The Balaban J connectivity index is 2.37. The van der Waals surface area contributed by atoms with Crippen LogP contribution in [0.2, 0.25) is 0 Å². The molecule has 0 bridgehead atoms. The number of nitrogens with one attached hydrogen (secondary N) is 1. The first kappa shape index (κ1) is 18.5. The van der Waals surface area contributed by atoms with Crippen molar-refractivity contribution in [1.82, 2.24) is 10.2 Å². The van der Waals surface area contributed by atoms with Gasteiger partial charge in [0.15, 0.2) is 0 Å². The van der Waals surface area contributed by atoms with Crippen LogP contribution in [0, 0.1) is 0 Å². The minimum absolute atomic E-state index is 0.0242. The lowest BCUT2D eigenvalue weighted by Gasteiger charge is -2.35. The van der Waals surface area contributed by atoms with Gasteiger partial charge in [0.25, 0.3) is 0 Å². The number of hydrogen-bond acceptors (Lipinski definition) is 3. The van der Waals surface area contributed by atoms with Crippen LogP contribution < -0.4 is 5.32 Å². The lowest BCUT2D eigenvalue weighted by Crippen LogP contribution is -2.44. The minimum Gasteiger partial charge on any atom is -0.481 e. The van der Waals surface area contributed by atoms with Crippen LogP contribution >= 0.6 is 0 Å². The van der Waals surface area contributed by atoms with E-state index in [9.17, 15) is 14.4 Å². The Morgan fingerprint density at radius 1 is 1.18 bits per heavy atom. The fourth-order valence-corrected chi connectivity index (χ4v) is 2.86. The Kier molecular flexibility index (Phi) is 7.91. The van der Waals surface area contributed by atoms with E-state index in [1.165, 1.54) is 0 Å². The van der Waals surface area contributed by atoms with Gasteiger partial charge in [0.2, 0.25) is 11.8 Å². The van der Waals surface area contributed by atoms with Gasteiger partial charge in [-0.05, 0) is 46.0 Å². The number of carboxylic acids is 1. The lowest BCUT2D eigenvalue weighted by molar-refractivity contribution is -0.140. The van der Waals surface area contributed by atoms with Gasteiger partial charge in [-0.15, -0.1) is 0 Å². The Labute approximate surface area is 132 Å². The molecule has 1 atom stereocenters. The zero-order valence-corrected chi connectivity index (χ0v) is 13.6. The standard InChI is InChI=1S/C16H28N2O4/c1-12(2)17-14(19)7-5-8-15(20)18-11-4-3-6-13(18)9-10-16(21)22/h12-13H,3-11H2,1-2H3,(H,17,19)(H,21,22). The maximum absolute atomic E-state index is 12.3. The number of nitrogens with zero attached hydrogens (tertiary/aromatic N) is 1. The van der Waals surface area contributed by atoms with Gasteiger partial charge >= 0.3 is 5.97 Å². The van der Waals surface area contributed by atoms with Crippen LogP contribution in [0.1, 0.15) is 65.2 Å². The third-order valence-corrected chi connectivity index (χ3v) is 3.88. The van der Waals surface area contributed by atoms with Crippen LogP contribution in [0.4, 0.5) is 0 Å². The molecule has 6 nitrogen and oxygen atoms in total. The van der Waals surface area contributed by atoms with Gasteiger partial charge < -0.3 is 15.3 Å². The van der Waals surface area contributed by atoms with E-state index >= 15 is 0 Å². The van der Waals surface area contributed by atoms with Gasteiger partial charge in [0.05, 0.1) is 0 Å². The second-order valence-corrected chi connectivity index (χ2v) is 6.24. The summed E-state index contributed by atoms with van der Waals surface area (Å²) in [5.74, 6) is -0.792. The molecule has 0 aromatic heterocycles. The summed E-state index contributed by atoms with van der Waals surface area (Å²) in [7, 11) is 0. The third kappa shape index (κ3) is 6.91. The summed E-state index contributed by atoms with van der Waals surface area (Å²) in [6.07, 6.45) is 4.78. The summed E-state index contributed by atoms with van der Waals surface area (Å²) in [4.78, 5) is 36.4. The predicted molar refractivity (Wildman–Crippen MR) is 83.4 cm³/mol. The lowest BCUT2D eigenvalue weighted by atomic mass is 9.97. The largest absolute Gasteiger partial charge is 0.481 e. The van der Waals surface area contributed by atoms with E-state index in [1.807, 2.05) is 18.7 Å². The quantitative estimate of drug-likeness (QED) is 0.717. The van der Waals surface area contributed by atoms with Crippen molar-refractivity contribution >= 4 is 17.8 Å². The molecule has 1 aliphatic rings. The number of aliphatic carboxylic acids is 1. The average molecular weight is 312 g/mol. The number of carbonyl (C=O) groups excluding carboxylic acids is 2. The monoisotopic (exact) mass is 312 g/mol. The number of hydrogen-bond donors (Lipinski definition) is 2. The highest BCUT2D eigenvalue weighted by molar-refractivity contribution is 5.79. The second-order valence-electron chi connectivity index (χ2n) is 6.24. The number of piperidine rings is 1. The fraction of sp³-hybridized carbons (Fsp3) is 0.812. The van der Waals surface area contributed by atoms with Gasteiger partial charge in [0, 0.05) is 37.9 Å². The molecule has 0 aromatic rings. The molecule has 0 aliphatic carbocycles. The molecule has 1 heterocycles. The van der Waals surface area contributed by atoms with Crippen LogP contribution in [-0.2, 0) is 14.4 Å². The van der Waals surface area contributed by atoms with Crippen LogP contribution in [0.5, 0.6) is 0 Å². The van der Waals surface area contributed by atoms with Gasteiger partial charge in [-0.3, -0.25) is 14.4 Å². The van der Waals surface area contributed by atoms with Crippen LogP contribution in [0.15, 0.2) is 0 Å². The first-order valence-corrected chi connectivity index (χ1v) is 8.20. The van der Waals surface area contributed by atoms with E-state index in [-0.39, 0.29) is 30.3 Å². The fourth-order valence-electron chi connectivity index (χ4n) is 2.86. The SMILES string of the molecule is CC(C)NC(=O)CCCC(=O)N1CCCCC1CCC(=O)O. The summed E-state index contributed by atoms with van der Waals surface area (Å²) >= 11 is 0. The zero-order chi connectivity index (χ0) is 16.5. The number of carbonyl (C=O) groups is 3. The van der Waals surface area contributed by atoms with Crippen molar-refractivity contribution in [3.05, 3.63) is 0 Å².